The number of alkyl halides is 3. The summed E-state index contributed by atoms with van der Waals surface area (Å²) in [5, 5.41) is 49.3. The maximum absolute atomic E-state index is 13.3. The second kappa shape index (κ2) is 10.3. The van der Waals surface area contributed by atoms with Crippen LogP contribution in [0.2, 0.25) is 0 Å². The van der Waals surface area contributed by atoms with Gasteiger partial charge in [-0.2, -0.15) is 13.2 Å². The van der Waals surface area contributed by atoms with E-state index in [2.05, 4.69) is 0 Å². The first-order valence-electron chi connectivity index (χ1n) is 9.06. The van der Waals surface area contributed by atoms with E-state index in [0.717, 1.165) is 6.07 Å². The van der Waals surface area contributed by atoms with Crippen LogP contribution in [-0.2, 0) is 26.5 Å². The molecule has 2 saturated heterocycles. The van der Waals surface area contributed by atoms with E-state index in [1.807, 2.05) is 0 Å². The highest BCUT2D eigenvalue weighted by atomic mass is 35.5. The highest BCUT2D eigenvalue weighted by Gasteiger charge is 2.51. The van der Waals surface area contributed by atoms with E-state index in [1.54, 1.807) is 0 Å². The van der Waals surface area contributed by atoms with Gasteiger partial charge < -0.3 is 47.4 Å². The van der Waals surface area contributed by atoms with Gasteiger partial charge in [-0.15, -0.1) is 0 Å². The standard InChI is InChI=1S/C18H24F3O7S.ClH/c19-18(20,21)10-4-2-1-3-9(10)17-27-6-11(23)16(28-17)13(25)8-29-7-12(24)15(26)14(29)5-22;/h1-4,11-17,22-26H,5-8H2;1H/q+1;/p-1/t11-,12-,13-,14-,15+,16+,17?,29?;/m1./s1. The van der Waals surface area contributed by atoms with Crippen molar-refractivity contribution in [2.45, 2.75) is 48.2 Å². The molecule has 0 saturated carbocycles. The van der Waals surface area contributed by atoms with Crippen molar-refractivity contribution in [1.29, 1.82) is 0 Å². The monoisotopic (exact) mass is 476 g/mol. The van der Waals surface area contributed by atoms with Crippen molar-refractivity contribution < 1.29 is 60.6 Å². The van der Waals surface area contributed by atoms with E-state index in [4.69, 9.17) is 9.47 Å². The predicted molar refractivity (Wildman–Crippen MR) is 97.0 cm³/mol. The van der Waals surface area contributed by atoms with Crippen molar-refractivity contribution in [3.8, 4) is 0 Å². The van der Waals surface area contributed by atoms with Crippen LogP contribution in [0.25, 0.3) is 0 Å². The average molecular weight is 477 g/mol. The first-order chi connectivity index (χ1) is 13.6. The maximum atomic E-state index is 13.3. The molecule has 2 aliphatic heterocycles. The minimum Gasteiger partial charge on any atom is -1.00 e. The number of aliphatic hydroxyl groups is 5. The molecule has 5 N–H and O–H groups in total. The first kappa shape index (κ1) is 25.6. The van der Waals surface area contributed by atoms with E-state index in [1.165, 1.54) is 18.2 Å². The molecule has 2 aliphatic rings. The van der Waals surface area contributed by atoms with Crippen LogP contribution in [0.4, 0.5) is 13.2 Å². The van der Waals surface area contributed by atoms with Crippen LogP contribution in [0.1, 0.15) is 17.4 Å². The lowest BCUT2D eigenvalue weighted by Crippen LogP contribution is -3.00. The van der Waals surface area contributed by atoms with Crippen LogP contribution in [0.3, 0.4) is 0 Å². The zero-order valence-corrected chi connectivity index (χ0v) is 17.2. The minimum atomic E-state index is -4.63. The topological polar surface area (TPSA) is 120 Å². The SMILES string of the molecule is OC[C@@H]1[C@@H](O)[C@H](O)C[S+]1C[C@@H](O)[C@H]1OC(c2ccccc2C(F)(F)F)OC[C@H]1O.[Cl-]. The fraction of sp³-hybridized carbons (Fsp3) is 0.667. The Balaban J connectivity index is 0.00000320. The van der Waals surface area contributed by atoms with E-state index in [0.29, 0.717) is 0 Å². The van der Waals surface area contributed by atoms with Crippen molar-refractivity contribution in [3.05, 3.63) is 35.4 Å². The van der Waals surface area contributed by atoms with Crippen LogP contribution in [0, 0.1) is 0 Å². The van der Waals surface area contributed by atoms with Gasteiger partial charge >= 0.3 is 6.18 Å². The molecule has 7 nitrogen and oxygen atoms in total. The number of hydrogen-bond acceptors (Lipinski definition) is 7. The third kappa shape index (κ3) is 5.40. The summed E-state index contributed by atoms with van der Waals surface area (Å²) in [5.74, 6) is 0.178. The maximum Gasteiger partial charge on any atom is 0.416 e. The molecule has 0 aromatic heterocycles. The number of hydrogen-bond donors (Lipinski definition) is 5. The molecule has 0 amide bonds. The van der Waals surface area contributed by atoms with Crippen molar-refractivity contribution in [2.75, 3.05) is 24.7 Å². The van der Waals surface area contributed by atoms with Gasteiger partial charge in [-0.25, -0.2) is 0 Å². The number of benzene rings is 1. The Bertz CT molecular complexity index is 698. The highest BCUT2D eigenvalue weighted by Crippen LogP contribution is 2.38. The highest BCUT2D eigenvalue weighted by molar-refractivity contribution is 7.97. The summed E-state index contributed by atoms with van der Waals surface area (Å²) in [6.07, 6.45) is -12.0. The normalized spacial score (nSPS) is 35.7. The lowest BCUT2D eigenvalue weighted by atomic mass is 10.0. The Morgan fingerprint density at radius 3 is 2.43 bits per heavy atom. The van der Waals surface area contributed by atoms with E-state index in [9.17, 15) is 38.7 Å². The quantitative estimate of drug-likeness (QED) is 0.281. The Morgan fingerprint density at radius 1 is 1.13 bits per heavy atom. The summed E-state index contributed by atoms with van der Waals surface area (Å²) in [4.78, 5) is 0. The number of halogens is 4. The van der Waals surface area contributed by atoms with Gasteiger partial charge in [0.05, 0.1) is 18.8 Å². The van der Waals surface area contributed by atoms with Gasteiger partial charge in [-0.3, -0.25) is 0 Å². The molecule has 3 rings (SSSR count). The summed E-state index contributed by atoms with van der Waals surface area (Å²) < 4.78 is 50.6. The summed E-state index contributed by atoms with van der Waals surface area (Å²) in [6, 6.07) is 4.75. The molecule has 0 radical (unpaired) electrons. The molecule has 172 valence electrons. The van der Waals surface area contributed by atoms with Crippen molar-refractivity contribution in [3.63, 3.8) is 0 Å². The van der Waals surface area contributed by atoms with Gasteiger partial charge in [0, 0.05) is 16.5 Å². The molecule has 8 atom stereocenters. The molecule has 12 heteroatoms. The fourth-order valence-electron chi connectivity index (χ4n) is 3.63. The molecule has 0 aliphatic carbocycles. The lowest BCUT2D eigenvalue weighted by molar-refractivity contribution is -0.274. The second-order valence-corrected chi connectivity index (χ2v) is 9.48. The third-order valence-electron chi connectivity index (χ3n) is 5.13. The molecule has 1 aromatic rings. The van der Waals surface area contributed by atoms with Gasteiger partial charge in [-0.1, -0.05) is 18.2 Å². The molecule has 0 spiro atoms. The molecule has 0 bridgehead atoms. The Kier molecular flexibility index (Phi) is 8.82. The van der Waals surface area contributed by atoms with Gasteiger partial charge in [0.2, 0.25) is 0 Å². The minimum absolute atomic E-state index is 0. The molecule has 2 fully saturated rings. The number of rotatable bonds is 5. The molecular weight excluding hydrogens is 453 g/mol. The largest absolute Gasteiger partial charge is 1.00 e. The Morgan fingerprint density at radius 2 is 1.80 bits per heavy atom. The number of ether oxygens (including phenoxy) is 2. The van der Waals surface area contributed by atoms with Crippen LogP contribution in [0.5, 0.6) is 0 Å². The summed E-state index contributed by atoms with van der Waals surface area (Å²) in [7, 11) is -0.758. The Labute approximate surface area is 180 Å². The molecule has 2 unspecified atom stereocenters. The summed E-state index contributed by atoms with van der Waals surface area (Å²) in [5.41, 5.74) is -1.19. The Hall–Kier alpha value is -0.630. The third-order valence-corrected chi connectivity index (χ3v) is 7.95. The zero-order chi connectivity index (χ0) is 21.3. The van der Waals surface area contributed by atoms with E-state index >= 15 is 0 Å². The van der Waals surface area contributed by atoms with Crippen molar-refractivity contribution in [2.24, 2.45) is 0 Å². The van der Waals surface area contributed by atoms with Gasteiger partial charge in [0.1, 0.15) is 42.0 Å². The van der Waals surface area contributed by atoms with Gasteiger partial charge in [0.25, 0.3) is 0 Å². The second-order valence-electron chi connectivity index (χ2n) is 7.14. The van der Waals surface area contributed by atoms with Crippen molar-refractivity contribution in [1.82, 2.24) is 0 Å². The fourth-order valence-corrected chi connectivity index (χ4v) is 6.31. The molecule has 1 aromatic carbocycles. The molecule has 30 heavy (non-hydrogen) atoms. The molecule has 2 heterocycles. The van der Waals surface area contributed by atoms with Crippen molar-refractivity contribution >= 4 is 10.9 Å². The van der Waals surface area contributed by atoms with Gasteiger partial charge in [0.15, 0.2) is 11.5 Å². The summed E-state index contributed by atoms with van der Waals surface area (Å²) >= 11 is 0. The predicted octanol–water partition coefficient (Wildman–Crippen LogP) is -3.44. The summed E-state index contributed by atoms with van der Waals surface area (Å²) in [6.45, 7) is -0.714. The van der Waals surface area contributed by atoms with Crippen LogP contribution >= 0.6 is 0 Å². The smallest absolute Gasteiger partial charge is 0.416 e. The van der Waals surface area contributed by atoms with Crippen LogP contribution in [-0.4, -0.2) is 86.0 Å². The van der Waals surface area contributed by atoms with E-state index < -0.39 is 64.7 Å². The number of aliphatic hydroxyl groups excluding tert-OH is 5. The first-order valence-corrected chi connectivity index (χ1v) is 10.7. The van der Waals surface area contributed by atoms with E-state index in [-0.39, 0.29) is 42.7 Å². The van der Waals surface area contributed by atoms with Crippen LogP contribution in [0.15, 0.2) is 24.3 Å². The zero-order valence-electron chi connectivity index (χ0n) is 15.7. The average Bonchev–Trinajstić information content (AvgIpc) is 2.94. The molecular formula is C18H24ClF3O7S. The van der Waals surface area contributed by atoms with Gasteiger partial charge in [-0.05, 0) is 6.07 Å². The van der Waals surface area contributed by atoms with Crippen LogP contribution < -0.4 is 12.4 Å². The lowest BCUT2D eigenvalue weighted by Gasteiger charge is -2.37.